The van der Waals surface area contributed by atoms with Crippen LogP contribution in [0.1, 0.15) is 0 Å². The summed E-state index contributed by atoms with van der Waals surface area (Å²) in [4.78, 5) is 9.17. The Balaban J connectivity index is 1.29. The van der Waals surface area contributed by atoms with E-state index in [4.69, 9.17) is 9.40 Å². The van der Waals surface area contributed by atoms with Crippen molar-refractivity contribution in [3.8, 4) is 5.82 Å². The number of anilines is 4. The molecule has 0 atom stereocenters. The number of aromatic nitrogens is 2. The average Bonchev–Trinajstić information content (AvgIpc) is 3.86. The second-order valence-corrected chi connectivity index (χ2v) is 12.5. The van der Waals surface area contributed by atoms with Crippen LogP contribution >= 0.6 is 0 Å². The van der Waals surface area contributed by atoms with Crippen molar-refractivity contribution in [2.45, 2.75) is 0 Å². The molecule has 1 aliphatic rings. The van der Waals surface area contributed by atoms with Crippen LogP contribution < -0.4 is 9.91 Å². The topological polar surface area (TPSA) is 53.0 Å². The van der Waals surface area contributed by atoms with Gasteiger partial charge < -0.3 is 14.2 Å². The summed E-state index contributed by atoms with van der Waals surface area (Å²) in [6.07, 6.45) is 3.71. The van der Waals surface area contributed by atoms with Crippen molar-refractivity contribution in [3.05, 3.63) is 146 Å². The number of furan rings is 1. The first kappa shape index (κ1) is 27.5. The van der Waals surface area contributed by atoms with Gasteiger partial charge in [0.05, 0.1) is 22.4 Å². The first-order valence-corrected chi connectivity index (χ1v) is 16.4. The number of hydrogen-bond donors (Lipinski definition) is 0. The van der Waals surface area contributed by atoms with Gasteiger partial charge in [0.1, 0.15) is 24.4 Å². The van der Waals surface area contributed by atoms with Crippen LogP contribution in [0.5, 0.6) is 0 Å². The van der Waals surface area contributed by atoms with Crippen molar-refractivity contribution in [2.24, 2.45) is 5.10 Å². The van der Waals surface area contributed by atoms with Crippen LogP contribution in [-0.4, -0.2) is 34.5 Å². The highest BCUT2D eigenvalue weighted by atomic mass is 16.3. The Morgan fingerprint density at radius 2 is 1.43 bits per heavy atom. The van der Waals surface area contributed by atoms with Crippen LogP contribution in [0.3, 0.4) is 0 Å². The molecule has 234 valence electrons. The minimum absolute atomic E-state index is 0.684. The number of pyridine rings is 1. The van der Waals surface area contributed by atoms with Gasteiger partial charge in [-0.05, 0) is 71.4 Å². The Hall–Kier alpha value is -6.60. The molecule has 0 amide bonds. The van der Waals surface area contributed by atoms with Gasteiger partial charge >= 0.3 is 0 Å². The van der Waals surface area contributed by atoms with E-state index in [0.717, 1.165) is 66.9 Å². The highest BCUT2D eigenvalue weighted by molar-refractivity contribution is 6.23. The highest BCUT2D eigenvalue weighted by Gasteiger charge is 2.24. The Morgan fingerprint density at radius 1 is 0.653 bits per heavy atom. The average molecular weight is 635 g/mol. The zero-order chi connectivity index (χ0) is 32.5. The van der Waals surface area contributed by atoms with Gasteiger partial charge in [-0.2, -0.15) is 5.10 Å². The summed E-state index contributed by atoms with van der Waals surface area (Å²) in [5.74, 6) is 0.876. The third-order valence-corrected chi connectivity index (χ3v) is 9.52. The molecule has 0 saturated carbocycles. The second-order valence-electron chi connectivity index (χ2n) is 12.5. The lowest BCUT2D eigenvalue weighted by atomic mass is 10.0. The molecule has 49 heavy (non-hydrogen) atoms. The number of benzene rings is 6. The van der Waals surface area contributed by atoms with Crippen LogP contribution in [0.4, 0.5) is 22.7 Å². The SMILES string of the molecule is CN1C=NN(c2cccc(N(c3ccc4c5ccccc5n(-c5ccccn5)c4c3)c3cc4ccccc4c4c3oc3ccccc34)c2)C1. The smallest absolute Gasteiger partial charge is 0.160 e. The number of hydrogen-bond acceptors (Lipinski definition) is 6. The maximum atomic E-state index is 6.79. The van der Waals surface area contributed by atoms with Gasteiger partial charge in [-0.1, -0.05) is 78.9 Å². The molecule has 6 aromatic carbocycles. The molecular formula is C42H30N6O. The summed E-state index contributed by atoms with van der Waals surface area (Å²) in [5, 5.41) is 13.5. The minimum atomic E-state index is 0.684. The van der Waals surface area contributed by atoms with Crippen molar-refractivity contribution >= 4 is 83.6 Å². The molecule has 0 unspecified atom stereocenters. The van der Waals surface area contributed by atoms with E-state index in [0.29, 0.717) is 6.67 Å². The Kier molecular flexibility index (Phi) is 6.02. The van der Waals surface area contributed by atoms with Gasteiger partial charge in [-0.3, -0.25) is 4.57 Å². The number of nitrogens with zero attached hydrogens (tertiary/aromatic N) is 6. The molecule has 4 heterocycles. The number of rotatable bonds is 5. The molecule has 7 nitrogen and oxygen atoms in total. The predicted molar refractivity (Wildman–Crippen MR) is 202 cm³/mol. The first-order chi connectivity index (χ1) is 24.2. The second kappa shape index (κ2) is 10.7. The third kappa shape index (κ3) is 4.29. The molecule has 1 aliphatic heterocycles. The van der Waals surface area contributed by atoms with E-state index in [9.17, 15) is 0 Å². The van der Waals surface area contributed by atoms with E-state index in [2.05, 4.69) is 141 Å². The summed E-state index contributed by atoms with van der Waals surface area (Å²) >= 11 is 0. The van der Waals surface area contributed by atoms with Crippen LogP contribution in [0, 0.1) is 0 Å². The Morgan fingerprint density at radius 3 is 2.29 bits per heavy atom. The molecule has 7 heteroatoms. The van der Waals surface area contributed by atoms with Crippen LogP contribution in [-0.2, 0) is 0 Å². The van der Waals surface area contributed by atoms with Crippen molar-refractivity contribution in [1.82, 2.24) is 14.5 Å². The number of para-hydroxylation sites is 2. The lowest BCUT2D eigenvalue weighted by Gasteiger charge is -2.27. The van der Waals surface area contributed by atoms with E-state index >= 15 is 0 Å². The molecule has 0 fully saturated rings. The lowest BCUT2D eigenvalue weighted by molar-refractivity contribution is 0.549. The molecule has 10 rings (SSSR count). The van der Waals surface area contributed by atoms with Gasteiger partial charge in [0.2, 0.25) is 0 Å². The van der Waals surface area contributed by atoms with Crippen LogP contribution in [0.25, 0.3) is 60.3 Å². The standard InChI is InChI=1S/C42H30N6O/c1-45-26-44-46(27-45)29-12-10-13-30(24-29)47(38-23-28-11-2-3-14-32(28)41-35-16-5-7-18-39(35)49-42(38)41)31-20-21-34-33-15-4-6-17-36(33)48(37(34)25-31)40-19-8-9-22-43-40/h2-26H,27H2,1H3. The Bertz CT molecular complexity index is 2740. The molecule has 3 aromatic heterocycles. The summed E-state index contributed by atoms with van der Waals surface area (Å²) in [7, 11) is 2.03. The Labute approximate surface area is 282 Å². The summed E-state index contributed by atoms with van der Waals surface area (Å²) in [6, 6.07) is 49.1. The minimum Gasteiger partial charge on any atom is -0.454 e. The van der Waals surface area contributed by atoms with Crippen molar-refractivity contribution in [1.29, 1.82) is 0 Å². The first-order valence-electron chi connectivity index (χ1n) is 16.4. The van der Waals surface area contributed by atoms with Gasteiger partial charge in [-0.25, -0.2) is 9.99 Å². The third-order valence-electron chi connectivity index (χ3n) is 9.52. The molecule has 0 aliphatic carbocycles. The van der Waals surface area contributed by atoms with E-state index in [-0.39, 0.29) is 0 Å². The lowest BCUT2D eigenvalue weighted by Crippen LogP contribution is -2.22. The summed E-state index contributed by atoms with van der Waals surface area (Å²) in [5.41, 5.74) is 7.87. The molecule has 9 aromatic rings. The highest BCUT2D eigenvalue weighted by Crippen LogP contribution is 2.47. The predicted octanol–water partition coefficient (Wildman–Crippen LogP) is 10.4. The maximum Gasteiger partial charge on any atom is 0.160 e. The summed E-state index contributed by atoms with van der Waals surface area (Å²) in [6.45, 7) is 0.684. The zero-order valence-electron chi connectivity index (χ0n) is 26.7. The quantitative estimate of drug-likeness (QED) is 0.189. The molecule has 0 saturated heterocycles. The largest absolute Gasteiger partial charge is 0.454 e. The zero-order valence-corrected chi connectivity index (χ0v) is 26.7. The van der Waals surface area contributed by atoms with Crippen LogP contribution in [0.2, 0.25) is 0 Å². The number of hydrazone groups is 1. The van der Waals surface area contributed by atoms with E-state index in [1.54, 1.807) is 0 Å². The van der Waals surface area contributed by atoms with Gasteiger partial charge in [0.15, 0.2) is 5.58 Å². The molecule has 0 bridgehead atoms. The molecule has 0 N–H and O–H groups in total. The van der Waals surface area contributed by atoms with Gasteiger partial charge in [0.25, 0.3) is 0 Å². The number of fused-ring (bicyclic) bond motifs is 8. The normalized spacial score (nSPS) is 13.2. The monoisotopic (exact) mass is 634 g/mol. The molecule has 0 radical (unpaired) electrons. The van der Waals surface area contributed by atoms with E-state index in [1.165, 1.54) is 16.2 Å². The summed E-state index contributed by atoms with van der Waals surface area (Å²) < 4.78 is 9.05. The van der Waals surface area contributed by atoms with Crippen molar-refractivity contribution in [2.75, 3.05) is 23.6 Å². The van der Waals surface area contributed by atoms with Crippen molar-refractivity contribution < 1.29 is 4.42 Å². The van der Waals surface area contributed by atoms with E-state index in [1.807, 2.05) is 42.8 Å². The van der Waals surface area contributed by atoms with E-state index < -0.39 is 0 Å². The van der Waals surface area contributed by atoms with Crippen molar-refractivity contribution in [3.63, 3.8) is 0 Å². The fourth-order valence-corrected chi connectivity index (χ4v) is 7.36. The fraction of sp³-hybridized carbons (Fsp3) is 0.0476. The van der Waals surface area contributed by atoms with Crippen LogP contribution in [0.15, 0.2) is 155 Å². The maximum absolute atomic E-state index is 6.79. The molecule has 0 spiro atoms. The fourth-order valence-electron chi connectivity index (χ4n) is 7.36. The van der Waals surface area contributed by atoms with Gasteiger partial charge in [-0.15, -0.1) is 0 Å². The molecular weight excluding hydrogens is 605 g/mol. The van der Waals surface area contributed by atoms with Gasteiger partial charge in [0, 0.05) is 46.2 Å².